The van der Waals surface area contributed by atoms with Crippen LogP contribution in [0, 0.1) is 5.92 Å². The van der Waals surface area contributed by atoms with Crippen LogP contribution in [-0.4, -0.2) is 97.9 Å². The Hall–Kier alpha value is -1.46. The van der Waals surface area contributed by atoms with E-state index >= 15 is 0 Å². The number of hydrogen-bond acceptors (Lipinski definition) is 5. The van der Waals surface area contributed by atoms with Crippen molar-refractivity contribution in [1.82, 2.24) is 20.0 Å². The number of carbonyl (C=O) groups excluding carboxylic acids is 2. The van der Waals surface area contributed by atoms with Gasteiger partial charge >= 0.3 is 12.2 Å². The number of piperidine rings is 1. The molecule has 0 bridgehead atoms. The van der Waals surface area contributed by atoms with E-state index in [0.29, 0.717) is 25.6 Å². The lowest BCUT2D eigenvalue weighted by Gasteiger charge is -2.37. The van der Waals surface area contributed by atoms with Crippen LogP contribution < -0.4 is 5.32 Å². The van der Waals surface area contributed by atoms with Crippen LogP contribution in [0.3, 0.4) is 0 Å². The van der Waals surface area contributed by atoms with E-state index in [0.717, 1.165) is 51.5 Å². The predicted octanol–water partition coefficient (Wildman–Crippen LogP) is 2.60. The number of likely N-dealkylation sites (tertiary alicyclic amines) is 1. The van der Waals surface area contributed by atoms with Crippen LogP contribution in [-0.2, 0) is 9.47 Å². The number of carbonyl (C=O) groups is 2. The Balaban J connectivity index is 0.00000450. The molecule has 0 aromatic heterocycles. The second-order valence-corrected chi connectivity index (χ2v) is 8.51. The van der Waals surface area contributed by atoms with E-state index in [1.54, 1.807) is 16.8 Å². The van der Waals surface area contributed by atoms with Gasteiger partial charge in [0.15, 0.2) is 5.96 Å². The first kappa shape index (κ1) is 26.6. The number of rotatable bonds is 3. The minimum atomic E-state index is -0.459. The van der Waals surface area contributed by atoms with Gasteiger partial charge in [-0.2, -0.15) is 0 Å². The van der Waals surface area contributed by atoms with Gasteiger partial charge in [-0.25, -0.2) is 9.59 Å². The Labute approximate surface area is 197 Å². The van der Waals surface area contributed by atoms with Gasteiger partial charge in [-0.05, 0) is 46.5 Å². The molecule has 0 aliphatic carbocycles. The third-order valence-corrected chi connectivity index (χ3v) is 5.13. The number of piperazine rings is 1. The molecule has 2 aliphatic rings. The SMILES string of the molecule is CCOC(=O)N1CCN(C(=NC)NCC2CCN(C(=O)OC(C)(C)C)CC2)CC1.I. The Bertz CT molecular complexity index is 580. The average molecular weight is 539 g/mol. The van der Waals surface area contributed by atoms with E-state index in [2.05, 4.69) is 15.2 Å². The molecule has 0 saturated carbocycles. The number of halogens is 1. The lowest BCUT2D eigenvalue weighted by atomic mass is 9.97. The first-order valence-corrected chi connectivity index (χ1v) is 10.6. The number of nitrogens with one attached hydrogen (secondary N) is 1. The maximum atomic E-state index is 12.2. The van der Waals surface area contributed by atoms with Crippen molar-refractivity contribution in [3.8, 4) is 0 Å². The van der Waals surface area contributed by atoms with Crippen molar-refractivity contribution in [2.24, 2.45) is 10.9 Å². The molecule has 0 unspecified atom stereocenters. The first-order chi connectivity index (χ1) is 13.7. The van der Waals surface area contributed by atoms with Gasteiger partial charge in [0.05, 0.1) is 6.61 Å². The normalized spacial score (nSPS) is 18.6. The minimum absolute atomic E-state index is 0. The molecule has 10 heteroatoms. The molecule has 0 aromatic rings. The average Bonchev–Trinajstić information content (AvgIpc) is 2.68. The van der Waals surface area contributed by atoms with Gasteiger partial charge in [-0.15, -0.1) is 24.0 Å². The fourth-order valence-corrected chi connectivity index (χ4v) is 3.53. The second kappa shape index (κ2) is 12.4. The van der Waals surface area contributed by atoms with Crippen LogP contribution in [0.1, 0.15) is 40.5 Å². The molecular formula is C20H38IN5O4. The van der Waals surface area contributed by atoms with Gasteiger partial charge in [0.25, 0.3) is 0 Å². The summed E-state index contributed by atoms with van der Waals surface area (Å²) < 4.78 is 10.5. The Morgan fingerprint density at radius 3 is 2.00 bits per heavy atom. The highest BCUT2D eigenvalue weighted by atomic mass is 127. The molecule has 2 amide bonds. The molecule has 0 spiro atoms. The smallest absolute Gasteiger partial charge is 0.410 e. The van der Waals surface area contributed by atoms with Crippen molar-refractivity contribution in [2.45, 2.75) is 46.1 Å². The van der Waals surface area contributed by atoms with E-state index in [1.165, 1.54) is 0 Å². The number of amides is 2. The highest BCUT2D eigenvalue weighted by molar-refractivity contribution is 14.0. The molecule has 2 saturated heterocycles. The van der Waals surface area contributed by atoms with Crippen LogP contribution >= 0.6 is 24.0 Å². The largest absolute Gasteiger partial charge is 0.450 e. The quantitative estimate of drug-likeness (QED) is 0.337. The van der Waals surface area contributed by atoms with Crippen molar-refractivity contribution in [3.63, 3.8) is 0 Å². The van der Waals surface area contributed by atoms with Gasteiger partial charge in [0.2, 0.25) is 0 Å². The predicted molar refractivity (Wildman–Crippen MR) is 127 cm³/mol. The molecule has 2 rings (SSSR count). The third-order valence-electron chi connectivity index (χ3n) is 5.13. The minimum Gasteiger partial charge on any atom is -0.450 e. The summed E-state index contributed by atoms with van der Waals surface area (Å²) in [5, 5.41) is 3.47. The van der Waals surface area contributed by atoms with E-state index in [1.807, 2.05) is 27.7 Å². The van der Waals surface area contributed by atoms with Gasteiger partial charge in [0.1, 0.15) is 5.60 Å². The van der Waals surface area contributed by atoms with E-state index in [9.17, 15) is 9.59 Å². The first-order valence-electron chi connectivity index (χ1n) is 10.6. The summed E-state index contributed by atoms with van der Waals surface area (Å²) in [6, 6.07) is 0. The molecule has 0 atom stereocenters. The maximum absolute atomic E-state index is 12.2. The van der Waals surface area contributed by atoms with E-state index in [-0.39, 0.29) is 36.2 Å². The molecule has 174 valence electrons. The number of nitrogens with zero attached hydrogens (tertiary/aromatic N) is 4. The molecule has 0 aromatic carbocycles. The van der Waals surface area contributed by atoms with Crippen molar-refractivity contribution < 1.29 is 19.1 Å². The summed E-state index contributed by atoms with van der Waals surface area (Å²) in [6.07, 6.45) is 1.42. The standard InChI is InChI=1S/C20H37N5O4.HI/c1-6-28-18(26)25-13-11-23(12-14-25)17(21-5)22-15-16-7-9-24(10-8-16)19(27)29-20(2,3)4;/h16H,6-15H2,1-5H3,(H,21,22);1H. The topological polar surface area (TPSA) is 86.7 Å². The summed E-state index contributed by atoms with van der Waals surface area (Å²) in [6.45, 7) is 12.9. The lowest BCUT2D eigenvalue weighted by Crippen LogP contribution is -2.54. The molecule has 2 aliphatic heterocycles. The highest BCUT2D eigenvalue weighted by Crippen LogP contribution is 2.19. The van der Waals surface area contributed by atoms with Crippen LogP contribution in [0.5, 0.6) is 0 Å². The van der Waals surface area contributed by atoms with E-state index < -0.39 is 5.60 Å². The molecule has 1 N–H and O–H groups in total. The highest BCUT2D eigenvalue weighted by Gasteiger charge is 2.28. The zero-order valence-corrected chi connectivity index (χ0v) is 21.3. The molecule has 30 heavy (non-hydrogen) atoms. The van der Waals surface area contributed by atoms with Crippen molar-refractivity contribution in [2.75, 3.05) is 59.5 Å². The fourth-order valence-electron chi connectivity index (χ4n) is 3.53. The van der Waals surface area contributed by atoms with Gasteiger partial charge in [-0.1, -0.05) is 0 Å². The monoisotopic (exact) mass is 539 g/mol. The summed E-state index contributed by atoms with van der Waals surface area (Å²) in [7, 11) is 1.78. The maximum Gasteiger partial charge on any atom is 0.410 e. The van der Waals surface area contributed by atoms with Crippen LogP contribution in [0.4, 0.5) is 9.59 Å². The zero-order chi connectivity index (χ0) is 21.4. The van der Waals surface area contributed by atoms with Crippen molar-refractivity contribution in [3.05, 3.63) is 0 Å². The molecular weight excluding hydrogens is 501 g/mol. The van der Waals surface area contributed by atoms with Crippen molar-refractivity contribution in [1.29, 1.82) is 0 Å². The molecule has 0 radical (unpaired) electrons. The summed E-state index contributed by atoms with van der Waals surface area (Å²) in [4.78, 5) is 34.1. The van der Waals surface area contributed by atoms with Crippen LogP contribution in [0.2, 0.25) is 0 Å². The van der Waals surface area contributed by atoms with Gasteiger partial charge in [-0.3, -0.25) is 4.99 Å². The number of hydrogen-bond donors (Lipinski definition) is 1. The summed E-state index contributed by atoms with van der Waals surface area (Å²) >= 11 is 0. The molecule has 2 fully saturated rings. The third kappa shape index (κ3) is 8.35. The Morgan fingerprint density at radius 1 is 0.967 bits per heavy atom. The number of ether oxygens (including phenoxy) is 2. The van der Waals surface area contributed by atoms with Crippen LogP contribution in [0.15, 0.2) is 4.99 Å². The number of guanidine groups is 1. The second-order valence-electron chi connectivity index (χ2n) is 8.51. The molecule has 2 heterocycles. The zero-order valence-electron chi connectivity index (χ0n) is 19.0. The summed E-state index contributed by atoms with van der Waals surface area (Å²) in [5.41, 5.74) is -0.459. The molecule has 9 nitrogen and oxygen atoms in total. The fraction of sp³-hybridized carbons (Fsp3) is 0.850. The van der Waals surface area contributed by atoms with E-state index in [4.69, 9.17) is 9.47 Å². The summed E-state index contributed by atoms with van der Waals surface area (Å²) in [5.74, 6) is 1.36. The number of aliphatic imine (C=N–C) groups is 1. The van der Waals surface area contributed by atoms with Crippen molar-refractivity contribution >= 4 is 42.1 Å². The lowest BCUT2D eigenvalue weighted by molar-refractivity contribution is 0.0185. The Kier molecular flexibility index (Phi) is 11.0. The van der Waals surface area contributed by atoms with Gasteiger partial charge < -0.3 is 29.5 Å². The Morgan fingerprint density at radius 2 is 1.50 bits per heavy atom. The van der Waals surface area contributed by atoms with Gasteiger partial charge in [0, 0.05) is 52.9 Å². The van der Waals surface area contributed by atoms with Crippen LogP contribution in [0.25, 0.3) is 0 Å².